The molecule has 5 heteroatoms. The first-order chi connectivity index (χ1) is 9.84. The Morgan fingerprint density at radius 3 is 2.90 bits per heavy atom. The van der Waals surface area contributed by atoms with E-state index in [9.17, 15) is 4.79 Å². The summed E-state index contributed by atoms with van der Waals surface area (Å²) in [6.45, 7) is 0.498. The van der Waals surface area contributed by atoms with Crippen molar-refractivity contribution in [2.24, 2.45) is 5.92 Å². The molecule has 0 aromatic carbocycles. The molecule has 1 fully saturated rings. The first-order valence-electron chi connectivity index (χ1n) is 7.40. The van der Waals surface area contributed by atoms with Gasteiger partial charge in [-0.25, -0.2) is 4.98 Å². The minimum absolute atomic E-state index is 0.179. The zero-order valence-electron chi connectivity index (χ0n) is 11.6. The van der Waals surface area contributed by atoms with Crippen molar-refractivity contribution < 1.29 is 4.79 Å². The molecule has 5 nitrogen and oxygen atoms in total. The third kappa shape index (κ3) is 2.81. The number of pyridine rings is 1. The van der Waals surface area contributed by atoms with Crippen LogP contribution in [0, 0.1) is 5.92 Å². The van der Waals surface area contributed by atoms with Gasteiger partial charge in [-0.3, -0.25) is 9.89 Å². The van der Waals surface area contributed by atoms with Gasteiger partial charge in [0.1, 0.15) is 0 Å². The van der Waals surface area contributed by atoms with Crippen LogP contribution in [0.1, 0.15) is 44.2 Å². The van der Waals surface area contributed by atoms with E-state index in [1.165, 1.54) is 25.7 Å². The van der Waals surface area contributed by atoms with E-state index in [4.69, 9.17) is 0 Å². The molecule has 3 rings (SSSR count). The van der Waals surface area contributed by atoms with Gasteiger partial charge >= 0.3 is 0 Å². The Labute approximate surface area is 118 Å². The summed E-state index contributed by atoms with van der Waals surface area (Å²) in [5.74, 6) is 0.364. The van der Waals surface area contributed by atoms with Crippen LogP contribution < -0.4 is 5.32 Å². The molecule has 2 aromatic heterocycles. The highest BCUT2D eigenvalue weighted by Gasteiger charge is 2.20. The van der Waals surface area contributed by atoms with Gasteiger partial charge in [-0.1, -0.05) is 25.7 Å². The second kappa shape index (κ2) is 6.03. The van der Waals surface area contributed by atoms with Crippen molar-refractivity contribution in [3.63, 3.8) is 0 Å². The number of fused-ring (bicyclic) bond motifs is 1. The normalized spacial score (nSPS) is 17.0. The molecule has 0 bridgehead atoms. The molecular formula is C15H20N4O. The van der Waals surface area contributed by atoms with Crippen molar-refractivity contribution in [3.05, 3.63) is 24.0 Å². The summed E-state index contributed by atoms with van der Waals surface area (Å²) >= 11 is 0. The fourth-order valence-corrected chi connectivity index (χ4v) is 2.90. The number of hydrogen-bond acceptors (Lipinski definition) is 3. The smallest absolute Gasteiger partial charge is 0.223 e. The van der Waals surface area contributed by atoms with Gasteiger partial charge < -0.3 is 5.32 Å². The van der Waals surface area contributed by atoms with E-state index in [1.807, 2.05) is 12.1 Å². The lowest BCUT2D eigenvalue weighted by Crippen LogP contribution is -2.30. The van der Waals surface area contributed by atoms with Gasteiger partial charge in [0.2, 0.25) is 5.91 Å². The monoisotopic (exact) mass is 272 g/mol. The number of carbonyl (C=O) groups is 1. The number of H-pyrrole nitrogens is 1. The first kappa shape index (κ1) is 13.1. The van der Waals surface area contributed by atoms with E-state index in [0.717, 1.165) is 23.9 Å². The van der Waals surface area contributed by atoms with Crippen molar-refractivity contribution in [3.8, 4) is 0 Å². The molecule has 20 heavy (non-hydrogen) atoms. The fraction of sp³-hybridized carbons (Fsp3) is 0.533. The van der Waals surface area contributed by atoms with Gasteiger partial charge in [0.25, 0.3) is 0 Å². The van der Waals surface area contributed by atoms with E-state index in [-0.39, 0.29) is 11.8 Å². The summed E-state index contributed by atoms with van der Waals surface area (Å²) in [7, 11) is 0. The lowest BCUT2D eigenvalue weighted by Gasteiger charge is -2.13. The second-order valence-electron chi connectivity index (χ2n) is 5.48. The van der Waals surface area contributed by atoms with Gasteiger partial charge in [-0.05, 0) is 25.0 Å². The van der Waals surface area contributed by atoms with Crippen molar-refractivity contribution in [1.82, 2.24) is 20.5 Å². The zero-order valence-corrected chi connectivity index (χ0v) is 11.6. The van der Waals surface area contributed by atoms with Crippen molar-refractivity contribution >= 4 is 16.9 Å². The van der Waals surface area contributed by atoms with Gasteiger partial charge in [0, 0.05) is 17.5 Å². The predicted octanol–water partition coefficient (Wildman–Crippen LogP) is 2.54. The lowest BCUT2D eigenvalue weighted by molar-refractivity contribution is -0.125. The Balaban J connectivity index is 1.62. The van der Waals surface area contributed by atoms with Crippen LogP contribution in [0.5, 0.6) is 0 Å². The molecule has 1 aliphatic rings. The molecule has 106 valence electrons. The molecule has 1 saturated carbocycles. The van der Waals surface area contributed by atoms with Gasteiger partial charge in [-0.15, -0.1) is 0 Å². The van der Waals surface area contributed by atoms with Crippen LogP contribution in [0.25, 0.3) is 11.0 Å². The number of aromatic amines is 1. The Bertz CT molecular complexity index is 584. The lowest BCUT2D eigenvalue weighted by atomic mass is 9.99. The van der Waals surface area contributed by atoms with Crippen LogP contribution in [0.4, 0.5) is 0 Å². The Hall–Kier alpha value is -1.91. The number of carbonyl (C=O) groups excluding carboxylic acids is 1. The summed E-state index contributed by atoms with van der Waals surface area (Å²) in [5, 5.41) is 11.1. The molecule has 2 aromatic rings. The second-order valence-corrected chi connectivity index (χ2v) is 5.48. The highest BCUT2D eigenvalue weighted by atomic mass is 16.1. The SMILES string of the molecule is O=C(NCc1[nH]nc2ncccc12)C1CCCCCC1. The third-order valence-electron chi connectivity index (χ3n) is 4.07. The average molecular weight is 272 g/mol. The first-order valence-corrected chi connectivity index (χ1v) is 7.40. The third-order valence-corrected chi connectivity index (χ3v) is 4.07. The molecule has 0 spiro atoms. The quantitative estimate of drug-likeness (QED) is 0.843. The molecule has 0 aliphatic heterocycles. The molecule has 1 amide bonds. The maximum atomic E-state index is 12.2. The fourth-order valence-electron chi connectivity index (χ4n) is 2.90. The van der Waals surface area contributed by atoms with Crippen molar-refractivity contribution in [1.29, 1.82) is 0 Å². The van der Waals surface area contributed by atoms with Crippen molar-refractivity contribution in [2.45, 2.75) is 45.1 Å². The van der Waals surface area contributed by atoms with E-state index in [1.54, 1.807) is 6.20 Å². The summed E-state index contributed by atoms with van der Waals surface area (Å²) in [6.07, 6.45) is 8.65. The maximum Gasteiger partial charge on any atom is 0.223 e. The van der Waals surface area contributed by atoms with Crippen LogP contribution in [0.2, 0.25) is 0 Å². The molecule has 2 heterocycles. The van der Waals surface area contributed by atoms with Gasteiger partial charge in [-0.2, -0.15) is 5.10 Å². The van der Waals surface area contributed by atoms with Crippen molar-refractivity contribution in [2.75, 3.05) is 0 Å². The molecule has 0 atom stereocenters. The molecule has 0 saturated heterocycles. The molecule has 0 radical (unpaired) electrons. The average Bonchev–Trinajstić information content (AvgIpc) is 2.70. The van der Waals surface area contributed by atoms with E-state index >= 15 is 0 Å². The highest BCUT2D eigenvalue weighted by Crippen LogP contribution is 2.23. The van der Waals surface area contributed by atoms with Crippen LogP contribution in [0.3, 0.4) is 0 Å². The summed E-state index contributed by atoms with van der Waals surface area (Å²) in [5.41, 5.74) is 1.63. The standard InChI is InChI=1S/C15H20N4O/c20-15(11-6-3-1-2-4-7-11)17-10-13-12-8-5-9-16-14(12)19-18-13/h5,8-9,11H,1-4,6-7,10H2,(H,17,20)(H,16,18,19). The number of amides is 1. The maximum absolute atomic E-state index is 12.2. The summed E-state index contributed by atoms with van der Waals surface area (Å²) in [6, 6.07) is 3.85. The van der Waals surface area contributed by atoms with Crippen LogP contribution in [0.15, 0.2) is 18.3 Å². The van der Waals surface area contributed by atoms with Gasteiger partial charge in [0.15, 0.2) is 5.65 Å². The Kier molecular flexibility index (Phi) is 3.95. The van der Waals surface area contributed by atoms with Crippen LogP contribution in [-0.4, -0.2) is 21.1 Å². The number of aromatic nitrogens is 3. The molecule has 0 unspecified atom stereocenters. The summed E-state index contributed by atoms with van der Waals surface area (Å²) in [4.78, 5) is 16.4. The molecular weight excluding hydrogens is 252 g/mol. The summed E-state index contributed by atoms with van der Waals surface area (Å²) < 4.78 is 0. The Morgan fingerprint density at radius 2 is 2.10 bits per heavy atom. The number of nitrogens with one attached hydrogen (secondary N) is 2. The van der Waals surface area contributed by atoms with Crippen LogP contribution >= 0.6 is 0 Å². The van der Waals surface area contributed by atoms with Crippen LogP contribution in [-0.2, 0) is 11.3 Å². The topological polar surface area (TPSA) is 70.7 Å². The Morgan fingerprint density at radius 1 is 1.30 bits per heavy atom. The minimum Gasteiger partial charge on any atom is -0.350 e. The zero-order chi connectivity index (χ0) is 13.8. The van der Waals surface area contributed by atoms with E-state index in [2.05, 4.69) is 20.5 Å². The van der Waals surface area contributed by atoms with E-state index < -0.39 is 0 Å². The minimum atomic E-state index is 0.179. The van der Waals surface area contributed by atoms with E-state index in [0.29, 0.717) is 12.2 Å². The largest absolute Gasteiger partial charge is 0.350 e. The number of nitrogens with zero attached hydrogens (tertiary/aromatic N) is 2. The molecule has 1 aliphatic carbocycles. The molecule has 2 N–H and O–H groups in total. The number of hydrogen-bond donors (Lipinski definition) is 2. The highest BCUT2D eigenvalue weighted by molar-refractivity contribution is 5.80. The van der Waals surface area contributed by atoms with Gasteiger partial charge in [0.05, 0.1) is 12.2 Å². The predicted molar refractivity (Wildman–Crippen MR) is 76.9 cm³/mol. The number of rotatable bonds is 3.